The first-order chi connectivity index (χ1) is 25.6. The van der Waals surface area contributed by atoms with Gasteiger partial charge in [-0.05, 0) is 44.9 Å². The van der Waals surface area contributed by atoms with Crippen molar-refractivity contribution >= 4 is 23.6 Å². The summed E-state index contributed by atoms with van der Waals surface area (Å²) < 4.78 is 0. The number of hydrogen-bond acceptors (Lipinski definition) is 7. The van der Waals surface area contributed by atoms with Gasteiger partial charge in [-0.15, -0.1) is 0 Å². The second kappa shape index (κ2) is 36.7. The lowest BCUT2D eigenvalue weighted by molar-refractivity contribution is -0.147. The molecule has 0 saturated heterocycles. The van der Waals surface area contributed by atoms with E-state index >= 15 is 0 Å². The first-order valence-electron chi connectivity index (χ1n) is 22.0. The van der Waals surface area contributed by atoms with Gasteiger partial charge in [0.15, 0.2) is 11.7 Å². The molecule has 0 radical (unpaired) electrons. The van der Waals surface area contributed by atoms with E-state index in [4.69, 9.17) is 28.7 Å². The van der Waals surface area contributed by atoms with Gasteiger partial charge in [0.2, 0.25) is 11.8 Å². The van der Waals surface area contributed by atoms with Crippen LogP contribution in [0.5, 0.6) is 0 Å². The fourth-order valence-electron chi connectivity index (χ4n) is 6.69. The van der Waals surface area contributed by atoms with Crippen molar-refractivity contribution in [3.63, 3.8) is 0 Å². The molecule has 2 unspecified atom stereocenters. The van der Waals surface area contributed by atoms with Crippen molar-refractivity contribution in [1.29, 1.82) is 0 Å². The molecule has 0 aliphatic heterocycles. The van der Waals surface area contributed by atoms with Crippen LogP contribution < -0.4 is 28.7 Å². The van der Waals surface area contributed by atoms with Gasteiger partial charge in [0, 0.05) is 32.0 Å². The highest BCUT2D eigenvalue weighted by atomic mass is 16.2. The molecule has 0 aliphatic carbocycles. The smallest absolute Gasteiger partial charge is 0.248 e. The number of nitrogens with two attached hydrogens (primary N) is 5. The summed E-state index contributed by atoms with van der Waals surface area (Å²) in [5.41, 5.74) is 29.2. The fraction of sp³-hybridized carbons (Fsp3) is 0.860. The van der Waals surface area contributed by atoms with Gasteiger partial charge in [0.1, 0.15) is 6.04 Å². The number of allylic oxidation sites excluding steroid dienone is 2. The van der Waals surface area contributed by atoms with E-state index in [2.05, 4.69) is 31.0 Å². The van der Waals surface area contributed by atoms with Gasteiger partial charge in [-0.1, -0.05) is 161 Å². The third-order valence-electron chi connectivity index (χ3n) is 10.3. The van der Waals surface area contributed by atoms with Gasteiger partial charge in [-0.25, -0.2) is 0 Å². The number of nitrogens with zero attached hydrogens (tertiary/aromatic N) is 2. The van der Waals surface area contributed by atoms with E-state index in [0.717, 1.165) is 57.8 Å². The van der Waals surface area contributed by atoms with Crippen LogP contribution in [0.3, 0.4) is 0 Å². The number of aliphatic imine (C=N–C) groups is 1. The first-order valence-corrected chi connectivity index (χ1v) is 22.0. The highest BCUT2D eigenvalue weighted by Gasteiger charge is 2.33. The van der Waals surface area contributed by atoms with E-state index < -0.39 is 29.8 Å². The van der Waals surface area contributed by atoms with Gasteiger partial charge in [0.25, 0.3) is 0 Å². The van der Waals surface area contributed by atoms with Crippen LogP contribution in [0.2, 0.25) is 0 Å². The van der Waals surface area contributed by atoms with Crippen molar-refractivity contribution < 1.29 is 14.4 Å². The summed E-state index contributed by atoms with van der Waals surface area (Å²) in [5, 5.41) is 0. The van der Waals surface area contributed by atoms with Crippen molar-refractivity contribution in [2.24, 2.45) is 33.7 Å². The Morgan fingerprint density at radius 1 is 0.566 bits per heavy atom. The maximum Gasteiger partial charge on any atom is 0.248 e. The van der Waals surface area contributed by atoms with Gasteiger partial charge in [-0.3, -0.25) is 24.3 Å². The number of carbonyl (C=O) groups is 3. The zero-order valence-electron chi connectivity index (χ0n) is 34.5. The molecule has 10 nitrogen and oxygen atoms in total. The molecule has 3 atom stereocenters. The first kappa shape index (κ1) is 50.7. The van der Waals surface area contributed by atoms with Crippen LogP contribution in [0, 0.1) is 0 Å². The van der Waals surface area contributed by atoms with Crippen LogP contribution in [0.25, 0.3) is 0 Å². The molecule has 0 bridgehead atoms. The summed E-state index contributed by atoms with van der Waals surface area (Å²) in [4.78, 5) is 45.0. The van der Waals surface area contributed by atoms with E-state index in [1.54, 1.807) is 0 Å². The van der Waals surface area contributed by atoms with Crippen molar-refractivity contribution in [3.05, 3.63) is 12.2 Å². The number of guanidine groups is 1. The molecule has 53 heavy (non-hydrogen) atoms. The minimum absolute atomic E-state index is 0.0434. The maximum atomic E-state index is 13.6. The Kier molecular flexibility index (Phi) is 35.1. The van der Waals surface area contributed by atoms with Crippen molar-refractivity contribution in [3.8, 4) is 0 Å². The van der Waals surface area contributed by atoms with E-state index in [0.29, 0.717) is 19.4 Å². The minimum atomic E-state index is -1.31. The van der Waals surface area contributed by atoms with Crippen LogP contribution in [0.4, 0.5) is 0 Å². The number of rotatable bonds is 38. The van der Waals surface area contributed by atoms with Crippen LogP contribution >= 0.6 is 0 Å². The molecule has 0 aliphatic rings. The number of ketones is 1. The average Bonchev–Trinajstić information content (AvgIpc) is 3.13. The van der Waals surface area contributed by atoms with E-state index in [9.17, 15) is 14.4 Å². The summed E-state index contributed by atoms with van der Waals surface area (Å²) in [6.45, 7) is 5.09. The summed E-state index contributed by atoms with van der Waals surface area (Å²) in [7, 11) is 0. The molecule has 310 valence electrons. The third kappa shape index (κ3) is 30.7. The van der Waals surface area contributed by atoms with Gasteiger partial charge < -0.3 is 28.7 Å². The Balaban J connectivity index is 4.72. The second-order valence-electron chi connectivity index (χ2n) is 15.4. The lowest BCUT2D eigenvalue weighted by Crippen LogP contribution is -2.58. The monoisotopic (exact) mass is 748 g/mol. The zero-order chi connectivity index (χ0) is 39.4. The molecule has 0 spiro atoms. The molecule has 0 aromatic carbocycles. The molecule has 0 rings (SSSR count). The Morgan fingerprint density at radius 3 is 1.43 bits per heavy atom. The van der Waals surface area contributed by atoms with Gasteiger partial charge in [0.05, 0.1) is 6.04 Å². The van der Waals surface area contributed by atoms with Crippen molar-refractivity contribution in [1.82, 2.24) is 4.90 Å². The lowest BCUT2D eigenvalue weighted by Gasteiger charge is -2.27. The van der Waals surface area contributed by atoms with Crippen molar-refractivity contribution in [2.45, 2.75) is 225 Å². The Hall–Kier alpha value is -2.30. The number of imide groups is 1. The van der Waals surface area contributed by atoms with E-state index in [1.807, 2.05) is 0 Å². The standard InChI is InChI=1S/C43H85N7O3/c1-3-5-7-9-11-13-15-17-19-20-22-24-26-28-30-32-39(52)50(35-31-29-27-25-23-21-18-16-14-12-10-8-6-4-2)42(53)41(46)40(45)38(51)36-37(44)33-34-49-43(47)48/h17,19,37,40-41H,3-16,18,20-36,44-46H2,1-2H3,(H4,47,48,49)/b19-17-/t37-,40?,41?/m1/s1. The zero-order valence-corrected chi connectivity index (χ0v) is 34.5. The predicted octanol–water partition coefficient (Wildman–Crippen LogP) is 8.47. The number of Topliss-reactive ketones (excluding diaryl/α,β-unsaturated/α-hetero) is 1. The summed E-state index contributed by atoms with van der Waals surface area (Å²) in [6, 6.07) is -3.08. The number of carbonyl (C=O) groups excluding carboxylic acids is 3. The topological polar surface area (TPSA) is 197 Å². The van der Waals surface area contributed by atoms with Gasteiger partial charge in [-0.2, -0.15) is 0 Å². The van der Waals surface area contributed by atoms with Crippen LogP contribution in [-0.4, -0.2) is 59.7 Å². The largest absolute Gasteiger partial charge is 0.370 e. The molecule has 0 aromatic rings. The molecule has 10 N–H and O–H groups in total. The Morgan fingerprint density at radius 2 is 0.981 bits per heavy atom. The number of hydrogen-bond donors (Lipinski definition) is 5. The number of amides is 2. The molecule has 0 heterocycles. The quantitative estimate of drug-likeness (QED) is 0.0179. The van der Waals surface area contributed by atoms with E-state index in [1.165, 1.54) is 114 Å². The molecular formula is C43H85N7O3. The SMILES string of the molecule is CCCCCCCC/C=C\CCCCCCCC(=O)N(CCCCCCCCCCCCCCCC)C(=O)C(N)C(N)C(=O)C[C@H](N)CCN=C(N)N. The normalized spacial score (nSPS) is 13.2. The van der Waals surface area contributed by atoms with Crippen LogP contribution in [-0.2, 0) is 14.4 Å². The predicted molar refractivity (Wildman–Crippen MR) is 225 cm³/mol. The van der Waals surface area contributed by atoms with E-state index in [-0.39, 0.29) is 31.3 Å². The third-order valence-corrected chi connectivity index (χ3v) is 10.3. The molecule has 0 fully saturated rings. The molecular weight excluding hydrogens is 663 g/mol. The summed E-state index contributed by atoms with van der Waals surface area (Å²) >= 11 is 0. The molecule has 0 saturated carbocycles. The number of unbranched alkanes of at least 4 members (excludes halogenated alkanes) is 24. The maximum absolute atomic E-state index is 13.6. The fourth-order valence-corrected chi connectivity index (χ4v) is 6.69. The highest BCUT2D eigenvalue weighted by Crippen LogP contribution is 2.15. The average molecular weight is 748 g/mol. The summed E-state index contributed by atoms with van der Waals surface area (Å²) in [5.74, 6) is -1.26. The van der Waals surface area contributed by atoms with Crippen LogP contribution in [0.1, 0.15) is 206 Å². The van der Waals surface area contributed by atoms with Crippen LogP contribution in [0.15, 0.2) is 17.1 Å². The molecule has 2 amide bonds. The highest BCUT2D eigenvalue weighted by molar-refractivity contribution is 6.01. The lowest BCUT2D eigenvalue weighted by atomic mass is 9.97. The molecule has 10 heteroatoms. The van der Waals surface area contributed by atoms with Crippen molar-refractivity contribution in [2.75, 3.05) is 13.1 Å². The Labute approximate surface area is 325 Å². The minimum Gasteiger partial charge on any atom is -0.370 e. The molecule has 0 aromatic heterocycles. The van der Waals surface area contributed by atoms with Gasteiger partial charge >= 0.3 is 0 Å². The summed E-state index contributed by atoms with van der Waals surface area (Å²) in [6.07, 6.45) is 37.7. The second-order valence-corrected chi connectivity index (χ2v) is 15.4. The Bertz CT molecular complexity index is 954.